The van der Waals surface area contributed by atoms with Gasteiger partial charge >= 0.3 is 0 Å². The van der Waals surface area contributed by atoms with Crippen LogP contribution in [0.15, 0.2) is 48.5 Å². The third-order valence-corrected chi connectivity index (χ3v) is 4.45. The minimum Gasteiger partial charge on any atom is -0.497 e. The molecule has 0 fully saturated rings. The predicted molar refractivity (Wildman–Crippen MR) is 106 cm³/mol. The molecule has 3 aromatic rings. The van der Waals surface area contributed by atoms with Crippen molar-refractivity contribution in [1.82, 2.24) is 4.98 Å². The Hall–Kier alpha value is -3.12. The van der Waals surface area contributed by atoms with E-state index >= 15 is 0 Å². The minimum absolute atomic E-state index is 0.0247. The van der Waals surface area contributed by atoms with Gasteiger partial charge in [0.15, 0.2) is 6.54 Å². The number of hydrogen-bond acceptors (Lipinski definition) is 3. The van der Waals surface area contributed by atoms with Crippen molar-refractivity contribution in [2.45, 2.75) is 6.92 Å². The van der Waals surface area contributed by atoms with E-state index in [0.717, 1.165) is 21.5 Å². The van der Waals surface area contributed by atoms with E-state index in [0.29, 0.717) is 17.0 Å². The summed E-state index contributed by atoms with van der Waals surface area (Å²) < 4.78 is 5.15. The van der Waals surface area contributed by atoms with Crippen molar-refractivity contribution >= 4 is 28.3 Å². The maximum absolute atomic E-state index is 12.8. The highest BCUT2D eigenvalue weighted by atomic mass is 16.5. The van der Waals surface area contributed by atoms with Crippen LogP contribution >= 0.6 is 0 Å². The summed E-state index contributed by atoms with van der Waals surface area (Å²) in [6, 6.07) is 14.9. The molecule has 1 amide bonds. The topological polar surface area (TPSA) is 75.6 Å². The largest absolute Gasteiger partial charge is 0.497 e. The number of benzene rings is 2. The summed E-state index contributed by atoms with van der Waals surface area (Å²) in [5, 5.41) is 3.76. The van der Waals surface area contributed by atoms with Crippen LogP contribution in [0.3, 0.4) is 0 Å². The van der Waals surface area contributed by atoms with Crippen molar-refractivity contribution < 1.29 is 19.2 Å². The third kappa shape index (κ3) is 4.35. The van der Waals surface area contributed by atoms with Crippen LogP contribution in [0.2, 0.25) is 0 Å². The molecule has 6 nitrogen and oxygen atoms in total. The van der Waals surface area contributed by atoms with Gasteiger partial charge in [0.1, 0.15) is 12.3 Å². The molecule has 0 bridgehead atoms. The molecule has 0 saturated heterocycles. The summed E-state index contributed by atoms with van der Waals surface area (Å²) in [7, 11) is 3.42. The molecule has 0 aliphatic heterocycles. The fraction of sp³-hybridized carbons (Fsp3) is 0.238. The summed E-state index contributed by atoms with van der Waals surface area (Å²) in [6.07, 6.45) is 0. The lowest BCUT2D eigenvalue weighted by molar-refractivity contribution is -0.861. The lowest BCUT2D eigenvalue weighted by Gasteiger charge is -2.13. The zero-order valence-electron chi connectivity index (χ0n) is 15.8. The number of rotatable bonds is 7. The van der Waals surface area contributed by atoms with Crippen LogP contribution in [0.1, 0.15) is 16.1 Å². The summed E-state index contributed by atoms with van der Waals surface area (Å²) in [5.74, 6) is 0.555. The molecule has 1 atom stereocenters. The van der Waals surface area contributed by atoms with E-state index in [1.807, 2.05) is 50.4 Å². The molecular formula is C21H24N3O3+. The minimum atomic E-state index is -0.149. The number of anilines is 1. The fourth-order valence-corrected chi connectivity index (χ4v) is 3.24. The summed E-state index contributed by atoms with van der Waals surface area (Å²) in [4.78, 5) is 29.1. The van der Waals surface area contributed by atoms with Crippen LogP contribution in [0, 0.1) is 6.92 Å². The summed E-state index contributed by atoms with van der Waals surface area (Å²) in [6.45, 7) is 2.34. The Morgan fingerprint density at radius 1 is 1.11 bits per heavy atom. The second-order valence-corrected chi connectivity index (χ2v) is 6.68. The van der Waals surface area contributed by atoms with E-state index in [4.69, 9.17) is 4.74 Å². The number of Topliss-reactive ketones (excluding diaryl/α,β-unsaturated/α-hetero) is 1. The first-order valence-electron chi connectivity index (χ1n) is 8.83. The molecule has 27 heavy (non-hydrogen) atoms. The Morgan fingerprint density at radius 2 is 1.89 bits per heavy atom. The second kappa shape index (κ2) is 8.05. The number of amides is 1. The molecule has 1 unspecified atom stereocenters. The van der Waals surface area contributed by atoms with E-state index in [1.54, 1.807) is 19.2 Å². The number of para-hydroxylation sites is 1. The Kier molecular flexibility index (Phi) is 5.57. The van der Waals surface area contributed by atoms with Crippen LogP contribution in [-0.4, -0.2) is 43.9 Å². The predicted octanol–water partition coefficient (Wildman–Crippen LogP) is 1.82. The van der Waals surface area contributed by atoms with Crippen molar-refractivity contribution in [2.75, 3.05) is 32.6 Å². The Bertz CT molecular complexity index is 978. The number of aryl methyl sites for hydroxylation is 1. The van der Waals surface area contributed by atoms with Gasteiger partial charge in [0.05, 0.1) is 19.7 Å². The van der Waals surface area contributed by atoms with E-state index in [9.17, 15) is 9.59 Å². The van der Waals surface area contributed by atoms with E-state index in [1.165, 1.54) is 0 Å². The van der Waals surface area contributed by atoms with Crippen LogP contribution in [-0.2, 0) is 4.79 Å². The molecule has 0 aliphatic rings. The number of fused-ring (bicyclic) bond motifs is 1. The Balaban J connectivity index is 1.62. The van der Waals surface area contributed by atoms with Gasteiger partial charge in [-0.2, -0.15) is 0 Å². The standard InChI is InChI=1S/C21H23N3O3/c1-14-21(17-9-4-5-10-18(17)22-14)19(25)12-24(2)13-20(26)23-15-7-6-8-16(11-15)27-3/h4-11,22H,12-13H2,1-3H3,(H,23,26)/p+1. The molecule has 3 N–H and O–H groups in total. The molecule has 3 rings (SSSR count). The number of nitrogens with one attached hydrogen (secondary N) is 3. The number of ether oxygens (including phenoxy) is 1. The van der Waals surface area contributed by atoms with E-state index in [-0.39, 0.29) is 24.8 Å². The molecule has 1 aromatic heterocycles. The number of hydrogen-bond donors (Lipinski definition) is 3. The van der Waals surface area contributed by atoms with Gasteiger partial charge < -0.3 is 19.9 Å². The normalized spacial score (nSPS) is 12.0. The van der Waals surface area contributed by atoms with E-state index in [2.05, 4.69) is 10.3 Å². The quantitative estimate of drug-likeness (QED) is 0.559. The highest BCUT2D eigenvalue weighted by Crippen LogP contribution is 2.21. The van der Waals surface area contributed by atoms with Gasteiger partial charge in [-0.1, -0.05) is 24.3 Å². The van der Waals surface area contributed by atoms with Gasteiger partial charge in [-0.25, -0.2) is 0 Å². The first-order valence-corrected chi connectivity index (χ1v) is 8.83. The van der Waals surface area contributed by atoms with Gasteiger partial charge in [-0.15, -0.1) is 0 Å². The summed E-state index contributed by atoms with van der Waals surface area (Å²) >= 11 is 0. The van der Waals surface area contributed by atoms with Gasteiger partial charge in [0, 0.05) is 28.4 Å². The van der Waals surface area contributed by atoms with Crippen LogP contribution in [0.4, 0.5) is 5.69 Å². The molecule has 140 valence electrons. The molecule has 0 aliphatic carbocycles. The summed E-state index contributed by atoms with van der Waals surface area (Å²) in [5.41, 5.74) is 3.19. The molecule has 2 aromatic carbocycles. The number of quaternary nitrogens is 1. The van der Waals surface area contributed by atoms with Gasteiger partial charge in [-0.05, 0) is 25.1 Å². The van der Waals surface area contributed by atoms with Gasteiger partial charge in [0.25, 0.3) is 5.91 Å². The first kappa shape index (κ1) is 18.7. The monoisotopic (exact) mass is 366 g/mol. The highest BCUT2D eigenvalue weighted by molar-refractivity contribution is 6.09. The number of aromatic amines is 1. The number of ketones is 1. The highest BCUT2D eigenvalue weighted by Gasteiger charge is 2.20. The number of H-pyrrole nitrogens is 1. The SMILES string of the molecule is COc1cccc(NC(=O)C[NH+](C)CC(=O)c2c(C)[nH]c3ccccc23)c1. The number of likely N-dealkylation sites (N-methyl/N-ethyl adjacent to an activating group) is 1. The van der Waals surface area contributed by atoms with Gasteiger partial charge in [-0.3, -0.25) is 9.59 Å². The third-order valence-electron chi connectivity index (χ3n) is 4.45. The number of methoxy groups -OCH3 is 1. The van der Waals surface area contributed by atoms with Crippen molar-refractivity contribution in [3.63, 3.8) is 0 Å². The molecule has 0 spiro atoms. The van der Waals surface area contributed by atoms with Crippen molar-refractivity contribution in [3.8, 4) is 5.75 Å². The van der Waals surface area contributed by atoms with Crippen molar-refractivity contribution in [1.29, 1.82) is 0 Å². The van der Waals surface area contributed by atoms with Crippen LogP contribution < -0.4 is 15.0 Å². The van der Waals surface area contributed by atoms with E-state index < -0.39 is 0 Å². The lowest BCUT2D eigenvalue weighted by atomic mass is 10.1. The number of carbonyl (C=O) groups excluding carboxylic acids is 2. The lowest BCUT2D eigenvalue weighted by Crippen LogP contribution is -3.11. The number of aromatic nitrogens is 1. The van der Waals surface area contributed by atoms with Crippen molar-refractivity contribution in [3.05, 3.63) is 59.8 Å². The smallest absolute Gasteiger partial charge is 0.279 e. The molecule has 6 heteroatoms. The van der Waals surface area contributed by atoms with Gasteiger partial charge in [0.2, 0.25) is 5.78 Å². The second-order valence-electron chi connectivity index (χ2n) is 6.68. The van der Waals surface area contributed by atoms with Crippen LogP contribution in [0.25, 0.3) is 10.9 Å². The molecule has 1 heterocycles. The first-order chi connectivity index (χ1) is 13.0. The Morgan fingerprint density at radius 3 is 2.67 bits per heavy atom. The fourth-order valence-electron chi connectivity index (χ4n) is 3.24. The zero-order valence-corrected chi connectivity index (χ0v) is 15.8. The zero-order chi connectivity index (χ0) is 19.4. The molecular weight excluding hydrogens is 342 g/mol. The number of carbonyl (C=O) groups is 2. The molecule has 0 saturated carbocycles. The Labute approximate surface area is 158 Å². The van der Waals surface area contributed by atoms with Crippen LogP contribution in [0.5, 0.6) is 5.75 Å². The van der Waals surface area contributed by atoms with Crippen molar-refractivity contribution in [2.24, 2.45) is 0 Å². The average molecular weight is 366 g/mol. The maximum atomic E-state index is 12.8. The average Bonchev–Trinajstić information content (AvgIpc) is 2.97. The molecule has 0 radical (unpaired) electrons. The maximum Gasteiger partial charge on any atom is 0.279 e.